The molecule has 0 atom stereocenters. The van der Waals surface area contributed by atoms with Crippen LogP contribution in [0.15, 0.2) is 0 Å². The third-order valence-electron chi connectivity index (χ3n) is 0.185. The highest BCUT2D eigenvalue weighted by Gasteiger charge is 1.55. The second-order valence-corrected chi connectivity index (χ2v) is 0.492. The Balaban J connectivity index is 2.85. The van der Waals surface area contributed by atoms with E-state index in [9.17, 15) is 5.11 Å². The summed E-state index contributed by atoms with van der Waals surface area (Å²) in [5.74, 6) is 0. The zero-order valence-corrected chi connectivity index (χ0v) is 2.82. The van der Waals surface area contributed by atoms with Crippen molar-refractivity contribution in [3.63, 3.8) is 0 Å². The minimum Gasteiger partial charge on any atom is -0.604 e. The lowest BCUT2D eigenvalue weighted by Gasteiger charge is -1.98. The lowest BCUT2D eigenvalue weighted by molar-refractivity contribution is -0.249. The highest BCUT2D eigenvalue weighted by Crippen LogP contribution is 1.49. The SMILES string of the molecule is COC(=N)[O-]. The number of nitrogens with one attached hydrogen (secondary N) is 1. The van der Waals surface area contributed by atoms with Crippen molar-refractivity contribution in [2.24, 2.45) is 0 Å². The molecule has 0 aromatic carbocycles. The summed E-state index contributed by atoms with van der Waals surface area (Å²) in [7, 11) is 1.16. The second-order valence-electron chi connectivity index (χ2n) is 0.492. The van der Waals surface area contributed by atoms with E-state index in [0.717, 1.165) is 7.11 Å². The first kappa shape index (κ1) is 4.27. The topological polar surface area (TPSA) is 56.1 Å². The average Bonchev–Trinajstić information content (AvgIpc) is 1.38. The second kappa shape index (κ2) is 1.58. The molecule has 3 nitrogen and oxygen atoms in total. The lowest BCUT2D eigenvalue weighted by Crippen LogP contribution is -2.16. The van der Waals surface area contributed by atoms with Gasteiger partial charge in [0.1, 0.15) is 6.08 Å². The Kier molecular flexibility index (Phi) is 1.35. The zero-order valence-electron chi connectivity index (χ0n) is 2.82. The molecule has 0 heterocycles. The normalized spacial score (nSPS) is 6.60. The van der Waals surface area contributed by atoms with Crippen molar-refractivity contribution >= 4 is 6.08 Å². The van der Waals surface area contributed by atoms with Crippen LogP contribution in [0.4, 0.5) is 0 Å². The molecule has 0 radical (unpaired) electrons. The van der Waals surface area contributed by atoms with Gasteiger partial charge in [0, 0.05) is 0 Å². The van der Waals surface area contributed by atoms with E-state index in [-0.39, 0.29) is 0 Å². The molecule has 0 spiro atoms. The van der Waals surface area contributed by atoms with E-state index >= 15 is 0 Å². The van der Waals surface area contributed by atoms with Crippen molar-refractivity contribution in [2.45, 2.75) is 0 Å². The van der Waals surface area contributed by atoms with Crippen LogP contribution in [0.5, 0.6) is 0 Å². The van der Waals surface area contributed by atoms with Crippen LogP contribution in [0.2, 0.25) is 0 Å². The van der Waals surface area contributed by atoms with E-state index in [2.05, 4.69) is 4.74 Å². The summed E-state index contributed by atoms with van der Waals surface area (Å²) in [6.07, 6.45) is -0.995. The van der Waals surface area contributed by atoms with Crippen molar-refractivity contribution < 1.29 is 9.84 Å². The van der Waals surface area contributed by atoms with E-state index in [1.54, 1.807) is 0 Å². The Hall–Kier alpha value is -0.730. The van der Waals surface area contributed by atoms with Gasteiger partial charge in [-0.2, -0.15) is 0 Å². The van der Waals surface area contributed by atoms with Crippen LogP contribution >= 0.6 is 0 Å². The Morgan fingerprint density at radius 2 is 2.20 bits per heavy atom. The fraction of sp³-hybridized carbons (Fsp3) is 0.500. The molecule has 0 aliphatic carbocycles. The van der Waals surface area contributed by atoms with E-state index in [1.165, 1.54) is 0 Å². The first-order valence-corrected chi connectivity index (χ1v) is 1.07. The predicted octanol–water partition coefficient (Wildman–Crippen LogP) is -1.07. The zero-order chi connectivity index (χ0) is 4.28. The van der Waals surface area contributed by atoms with Gasteiger partial charge in [0.05, 0.1) is 0 Å². The number of ether oxygens (including phenoxy) is 1. The van der Waals surface area contributed by atoms with Crippen molar-refractivity contribution in [1.29, 1.82) is 5.41 Å². The highest BCUT2D eigenvalue weighted by molar-refractivity contribution is 5.56. The van der Waals surface area contributed by atoms with Gasteiger partial charge in [0.25, 0.3) is 0 Å². The van der Waals surface area contributed by atoms with Gasteiger partial charge in [0.15, 0.2) is 0 Å². The van der Waals surface area contributed by atoms with Gasteiger partial charge in [-0.05, 0) is 7.11 Å². The number of hydrogen-bond donors (Lipinski definition) is 1. The number of methoxy groups -OCH3 is 1. The molecule has 0 aromatic rings. The summed E-state index contributed by atoms with van der Waals surface area (Å²) in [6, 6.07) is 0. The van der Waals surface area contributed by atoms with Gasteiger partial charge in [-0.1, -0.05) is 0 Å². The minimum atomic E-state index is -0.995. The van der Waals surface area contributed by atoms with Crippen LogP contribution in [0.1, 0.15) is 0 Å². The van der Waals surface area contributed by atoms with Gasteiger partial charge in [-0.15, -0.1) is 0 Å². The molecule has 0 aliphatic rings. The standard InChI is InChI=1S/C2H5NO2/c1-5-2(3)4/h1H3,(H2,3,4)/p-1. The van der Waals surface area contributed by atoms with Crippen LogP contribution in [0, 0.1) is 5.41 Å². The Morgan fingerprint density at radius 1 is 2.00 bits per heavy atom. The Labute approximate surface area is 29.7 Å². The molecule has 3 heteroatoms. The first-order valence-electron chi connectivity index (χ1n) is 1.07. The maximum Gasteiger partial charge on any atom is 0.142 e. The molecule has 0 unspecified atom stereocenters. The summed E-state index contributed by atoms with van der Waals surface area (Å²) >= 11 is 0. The first-order chi connectivity index (χ1) is 2.27. The molecule has 0 saturated heterocycles. The molecule has 0 amide bonds. The Morgan fingerprint density at radius 3 is 2.20 bits per heavy atom. The van der Waals surface area contributed by atoms with E-state index in [1.807, 2.05) is 0 Å². The quantitative estimate of drug-likeness (QED) is 0.294. The van der Waals surface area contributed by atoms with Crippen LogP contribution < -0.4 is 5.11 Å². The van der Waals surface area contributed by atoms with Crippen molar-refractivity contribution in [2.75, 3.05) is 7.11 Å². The highest BCUT2D eigenvalue weighted by atomic mass is 16.6. The largest absolute Gasteiger partial charge is 0.604 e. The molecule has 0 aliphatic heterocycles. The third kappa shape index (κ3) is 3.27. The van der Waals surface area contributed by atoms with Crippen LogP contribution in [-0.4, -0.2) is 13.2 Å². The van der Waals surface area contributed by atoms with Gasteiger partial charge < -0.3 is 9.84 Å². The summed E-state index contributed by atoms with van der Waals surface area (Å²) in [4.78, 5) is 0. The summed E-state index contributed by atoms with van der Waals surface area (Å²) < 4.78 is 3.78. The molecule has 0 saturated carbocycles. The van der Waals surface area contributed by atoms with Crippen molar-refractivity contribution in [1.82, 2.24) is 0 Å². The van der Waals surface area contributed by atoms with E-state index < -0.39 is 6.08 Å². The molecule has 0 aromatic heterocycles. The molecule has 0 rings (SSSR count). The molecular weight excluding hydrogens is 70.0 g/mol. The fourth-order valence-corrected chi connectivity index (χ4v) is 0. The van der Waals surface area contributed by atoms with Crippen LogP contribution in [0.25, 0.3) is 0 Å². The molecule has 0 bridgehead atoms. The minimum absolute atomic E-state index is 0.995. The van der Waals surface area contributed by atoms with Crippen molar-refractivity contribution in [3.05, 3.63) is 0 Å². The molecule has 0 fully saturated rings. The van der Waals surface area contributed by atoms with Crippen LogP contribution in [0.3, 0.4) is 0 Å². The van der Waals surface area contributed by atoms with Gasteiger partial charge in [-0.3, -0.25) is 5.41 Å². The maximum absolute atomic E-state index is 9.26. The van der Waals surface area contributed by atoms with Crippen LogP contribution in [-0.2, 0) is 4.74 Å². The molecular formula is C2H4NO2-. The maximum atomic E-state index is 9.26. The molecule has 5 heavy (non-hydrogen) atoms. The van der Waals surface area contributed by atoms with Crippen molar-refractivity contribution in [3.8, 4) is 0 Å². The lowest BCUT2D eigenvalue weighted by atomic mass is 11.3. The average molecular weight is 74.1 g/mol. The molecule has 30 valence electrons. The summed E-state index contributed by atoms with van der Waals surface area (Å²) in [5.41, 5.74) is 0. The van der Waals surface area contributed by atoms with E-state index in [4.69, 9.17) is 5.41 Å². The molecule has 1 N–H and O–H groups in total. The summed E-state index contributed by atoms with van der Waals surface area (Å²) in [6.45, 7) is 0. The predicted molar refractivity (Wildman–Crippen MR) is 14.7 cm³/mol. The Bertz CT molecular complexity index is 42.9. The number of hydrogen-bond acceptors (Lipinski definition) is 3. The van der Waals surface area contributed by atoms with E-state index in [0.29, 0.717) is 0 Å². The smallest absolute Gasteiger partial charge is 0.142 e. The fourth-order valence-electron chi connectivity index (χ4n) is 0. The number of rotatable bonds is 0. The van der Waals surface area contributed by atoms with Gasteiger partial charge >= 0.3 is 0 Å². The summed E-state index contributed by atoms with van der Waals surface area (Å²) in [5, 5.41) is 15.2. The monoisotopic (exact) mass is 74.0 g/mol. The third-order valence-corrected chi connectivity index (χ3v) is 0.185. The van der Waals surface area contributed by atoms with Gasteiger partial charge in [0.2, 0.25) is 0 Å². The van der Waals surface area contributed by atoms with Gasteiger partial charge in [-0.25, -0.2) is 0 Å².